The van der Waals surface area contributed by atoms with E-state index in [4.69, 9.17) is 9.47 Å². The fraction of sp³-hybridized carbons (Fsp3) is 0.556. The van der Waals surface area contributed by atoms with Crippen LogP contribution in [0.25, 0.3) is 5.95 Å². The molecular weight excluding hydrogens is 334 g/mol. The highest BCUT2D eigenvalue weighted by Gasteiger charge is 2.29. The topological polar surface area (TPSA) is 82.4 Å². The number of carbonyl (C=O) groups is 1. The Labute approximate surface area is 153 Å². The summed E-state index contributed by atoms with van der Waals surface area (Å²) in [5, 5.41) is 4.68. The molecule has 0 radical (unpaired) electrons. The van der Waals surface area contributed by atoms with E-state index in [9.17, 15) is 4.79 Å². The summed E-state index contributed by atoms with van der Waals surface area (Å²) in [7, 11) is 3.06. The zero-order valence-corrected chi connectivity index (χ0v) is 15.8. The van der Waals surface area contributed by atoms with Crippen LogP contribution in [0.4, 0.5) is 0 Å². The maximum atomic E-state index is 13.2. The number of nitrogens with zero attached hydrogens (tertiary/aromatic N) is 5. The van der Waals surface area contributed by atoms with Crippen molar-refractivity contribution >= 4 is 5.91 Å². The number of methoxy groups -OCH3 is 2. The molecule has 8 nitrogen and oxygen atoms in total. The SMILES string of the molecule is CCN(CC)C(=O)c1c2c(nn1-c1nc(OC)cc(OC)n1)CCCC2. The minimum Gasteiger partial charge on any atom is -0.481 e. The molecule has 0 bridgehead atoms. The minimum absolute atomic E-state index is 0.0453. The van der Waals surface area contributed by atoms with Gasteiger partial charge in [0.25, 0.3) is 11.9 Å². The minimum atomic E-state index is -0.0453. The van der Waals surface area contributed by atoms with Gasteiger partial charge in [-0.3, -0.25) is 4.79 Å². The Hall–Kier alpha value is -2.64. The van der Waals surface area contributed by atoms with Crippen LogP contribution < -0.4 is 9.47 Å². The summed E-state index contributed by atoms with van der Waals surface area (Å²) in [5.74, 6) is 0.963. The van der Waals surface area contributed by atoms with E-state index in [-0.39, 0.29) is 11.9 Å². The Kier molecular flexibility index (Phi) is 5.39. The molecule has 1 aliphatic carbocycles. The Morgan fingerprint density at radius 2 is 1.73 bits per heavy atom. The molecule has 1 aliphatic rings. The monoisotopic (exact) mass is 359 g/mol. The highest BCUT2D eigenvalue weighted by molar-refractivity contribution is 5.95. The van der Waals surface area contributed by atoms with Gasteiger partial charge in [0.05, 0.1) is 26.0 Å². The molecule has 140 valence electrons. The average Bonchev–Trinajstić information content (AvgIpc) is 3.07. The Morgan fingerprint density at radius 3 is 2.31 bits per heavy atom. The Balaban J connectivity index is 2.18. The number of aryl methyl sites for hydroxylation is 1. The molecule has 0 N–H and O–H groups in total. The van der Waals surface area contributed by atoms with Crippen molar-refractivity contribution in [3.05, 3.63) is 23.0 Å². The Morgan fingerprint density at radius 1 is 1.12 bits per heavy atom. The molecule has 0 fully saturated rings. The first-order chi connectivity index (χ1) is 12.6. The Bertz CT molecular complexity index is 776. The van der Waals surface area contributed by atoms with Gasteiger partial charge in [0, 0.05) is 18.7 Å². The molecule has 2 aromatic rings. The predicted molar refractivity (Wildman–Crippen MR) is 96.2 cm³/mol. The van der Waals surface area contributed by atoms with Gasteiger partial charge in [-0.05, 0) is 39.5 Å². The number of ether oxygens (including phenoxy) is 2. The summed E-state index contributed by atoms with van der Waals surface area (Å²) < 4.78 is 12.0. The number of fused-ring (bicyclic) bond motifs is 1. The lowest BCUT2D eigenvalue weighted by atomic mass is 9.95. The van der Waals surface area contributed by atoms with Crippen molar-refractivity contribution < 1.29 is 14.3 Å². The first-order valence-corrected chi connectivity index (χ1v) is 9.00. The van der Waals surface area contributed by atoms with Crippen LogP contribution in [0.5, 0.6) is 11.8 Å². The zero-order valence-electron chi connectivity index (χ0n) is 15.8. The van der Waals surface area contributed by atoms with Gasteiger partial charge < -0.3 is 14.4 Å². The summed E-state index contributed by atoms with van der Waals surface area (Å²) >= 11 is 0. The molecule has 0 aromatic carbocycles. The van der Waals surface area contributed by atoms with Crippen molar-refractivity contribution in [3.63, 3.8) is 0 Å². The molecule has 8 heteroatoms. The number of amides is 1. The zero-order chi connectivity index (χ0) is 18.7. The molecule has 1 amide bonds. The second-order valence-electron chi connectivity index (χ2n) is 6.12. The molecule has 0 saturated carbocycles. The molecule has 0 atom stereocenters. The van der Waals surface area contributed by atoms with E-state index < -0.39 is 0 Å². The van der Waals surface area contributed by atoms with E-state index in [1.54, 1.807) is 15.6 Å². The van der Waals surface area contributed by atoms with Crippen molar-refractivity contribution in [2.24, 2.45) is 0 Å². The van der Waals surface area contributed by atoms with Crippen LogP contribution in [0.1, 0.15) is 48.4 Å². The van der Waals surface area contributed by atoms with Gasteiger partial charge in [-0.2, -0.15) is 19.7 Å². The summed E-state index contributed by atoms with van der Waals surface area (Å²) in [6.07, 6.45) is 3.84. The highest BCUT2D eigenvalue weighted by Crippen LogP contribution is 2.27. The molecule has 0 saturated heterocycles. The highest BCUT2D eigenvalue weighted by atomic mass is 16.5. The third-order valence-corrected chi connectivity index (χ3v) is 4.69. The summed E-state index contributed by atoms with van der Waals surface area (Å²) in [4.78, 5) is 23.7. The fourth-order valence-corrected chi connectivity index (χ4v) is 3.27. The quantitative estimate of drug-likeness (QED) is 0.785. The first kappa shape index (κ1) is 18.2. The number of aromatic nitrogens is 4. The van der Waals surface area contributed by atoms with E-state index in [1.807, 2.05) is 13.8 Å². The van der Waals surface area contributed by atoms with Crippen molar-refractivity contribution in [2.75, 3.05) is 27.3 Å². The number of hydrogen-bond acceptors (Lipinski definition) is 6. The maximum Gasteiger partial charge on any atom is 0.272 e. The van der Waals surface area contributed by atoms with Crippen molar-refractivity contribution in [1.29, 1.82) is 0 Å². The summed E-state index contributed by atoms with van der Waals surface area (Å²) in [6.45, 7) is 5.22. The average molecular weight is 359 g/mol. The van der Waals surface area contributed by atoms with E-state index in [2.05, 4.69) is 15.1 Å². The molecule has 0 aliphatic heterocycles. The van der Waals surface area contributed by atoms with Gasteiger partial charge >= 0.3 is 0 Å². The lowest BCUT2D eigenvalue weighted by Gasteiger charge is -2.20. The third-order valence-electron chi connectivity index (χ3n) is 4.69. The molecule has 0 unspecified atom stereocenters. The van der Waals surface area contributed by atoms with Gasteiger partial charge in [-0.15, -0.1) is 0 Å². The normalized spacial score (nSPS) is 13.2. The van der Waals surface area contributed by atoms with Gasteiger partial charge in [-0.1, -0.05) is 0 Å². The maximum absolute atomic E-state index is 13.2. The van der Waals surface area contributed by atoms with Gasteiger partial charge in [0.15, 0.2) is 0 Å². The van der Waals surface area contributed by atoms with Crippen molar-refractivity contribution in [1.82, 2.24) is 24.6 Å². The van der Waals surface area contributed by atoms with E-state index in [0.717, 1.165) is 36.9 Å². The van der Waals surface area contributed by atoms with E-state index >= 15 is 0 Å². The van der Waals surface area contributed by atoms with Crippen LogP contribution in [0, 0.1) is 0 Å². The van der Waals surface area contributed by atoms with E-state index in [1.165, 1.54) is 14.2 Å². The molecule has 3 rings (SSSR count). The van der Waals surface area contributed by atoms with Gasteiger partial charge in [0.1, 0.15) is 5.69 Å². The van der Waals surface area contributed by atoms with Gasteiger partial charge in [0.2, 0.25) is 11.8 Å². The number of hydrogen-bond donors (Lipinski definition) is 0. The van der Waals surface area contributed by atoms with Crippen LogP contribution in [0.3, 0.4) is 0 Å². The lowest BCUT2D eigenvalue weighted by Crippen LogP contribution is -2.33. The first-order valence-electron chi connectivity index (χ1n) is 9.00. The number of carbonyl (C=O) groups excluding carboxylic acids is 1. The van der Waals surface area contributed by atoms with Crippen LogP contribution in [0.2, 0.25) is 0 Å². The number of rotatable bonds is 6. The molecule has 2 heterocycles. The van der Waals surface area contributed by atoms with Crippen LogP contribution in [-0.4, -0.2) is 57.9 Å². The summed E-state index contributed by atoms with van der Waals surface area (Å²) in [5.41, 5.74) is 2.52. The van der Waals surface area contributed by atoms with E-state index in [0.29, 0.717) is 30.5 Å². The van der Waals surface area contributed by atoms with Crippen LogP contribution >= 0.6 is 0 Å². The molecule has 2 aromatic heterocycles. The molecular formula is C18H25N5O3. The predicted octanol–water partition coefficient (Wildman–Crippen LogP) is 2.04. The largest absolute Gasteiger partial charge is 0.481 e. The molecule has 26 heavy (non-hydrogen) atoms. The van der Waals surface area contributed by atoms with Crippen molar-refractivity contribution in [3.8, 4) is 17.7 Å². The third kappa shape index (κ3) is 3.23. The lowest BCUT2D eigenvalue weighted by molar-refractivity contribution is 0.0762. The second-order valence-corrected chi connectivity index (χ2v) is 6.12. The smallest absolute Gasteiger partial charge is 0.272 e. The van der Waals surface area contributed by atoms with Gasteiger partial charge in [-0.25, -0.2) is 0 Å². The van der Waals surface area contributed by atoms with Crippen molar-refractivity contribution in [2.45, 2.75) is 39.5 Å². The standard InChI is InChI=1S/C18H25N5O3/c1-5-22(6-2)17(24)16-12-9-7-8-10-13(12)21-23(16)18-19-14(25-3)11-15(20-18)26-4/h11H,5-10H2,1-4H3. The second kappa shape index (κ2) is 7.72. The van der Waals surface area contributed by atoms with Crippen LogP contribution in [-0.2, 0) is 12.8 Å². The fourth-order valence-electron chi connectivity index (χ4n) is 3.27. The summed E-state index contributed by atoms with van der Waals surface area (Å²) in [6, 6.07) is 1.60. The molecule has 0 spiro atoms. The van der Waals surface area contributed by atoms with Crippen LogP contribution in [0.15, 0.2) is 6.07 Å².